The normalized spacial score (nSPS) is 13.7. The van der Waals surface area contributed by atoms with Gasteiger partial charge in [-0.1, -0.05) is 11.6 Å². The summed E-state index contributed by atoms with van der Waals surface area (Å²) >= 11 is 7.68. The molecule has 0 saturated heterocycles. The van der Waals surface area contributed by atoms with Crippen molar-refractivity contribution < 1.29 is 14.3 Å². The number of hydrogen-bond acceptors (Lipinski definition) is 4. The zero-order chi connectivity index (χ0) is 15.7. The van der Waals surface area contributed by atoms with Crippen molar-refractivity contribution in [1.82, 2.24) is 0 Å². The average Bonchev–Trinajstić information content (AvgIpc) is 3.03. The third-order valence-corrected chi connectivity index (χ3v) is 5.00. The highest BCUT2D eigenvalue weighted by molar-refractivity contribution is 7.12. The number of carbonyl (C=O) groups is 1. The summed E-state index contributed by atoms with van der Waals surface area (Å²) in [6.45, 7) is 0.656. The minimum Gasteiger partial charge on any atom is -0.496 e. The van der Waals surface area contributed by atoms with Crippen molar-refractivity contribution in [2.75, 3.05) is 25.7 Å². The molecule has 1 aliphatic heterocycles. The van der Waals surface area contributed by atoms with E-state index in [1.807, 2.05) is 17.5 Å². The lowest BCUT2D eigenvalue weighted by Crippen LogP contribution is -2.35. The summed E-state index contributed by atoms with van der Waals surface area (Å²) in [5, 5.41) is 2.50. The molecule has 6 heteroatoms. The Morgan fingerprint density at radius 2 is 2.14 bits per heavy atom. The summed E-state index contributed by atoms with van der Waals surface area (Å²) in [6, 6.07) is 5.39. The van der Waals surface area contributed by atoms with Crippen molar-refractivity contribution in [3.8, 4) is 11.5 Å². The molecular formula is C16H16ClNO3S. The number of anilines is 1. The van der Waals surface area contributed by atoms with E-state index in [4.69, 9.17) is 21.1 Å². The van der Waals surface area contributed by atoms with Crippen molar-refractivity contribution in [3.63, 3.8) is 0 Å². The van der Waals surface area contributed by atoms with E-state index in [1.54, 1.807) is 25.2 Å². The van der Waals surface area contributed by atoms with Crippen LogP contribution in [0.3, 0.4) is 0 Å². The summed E-state index contributed by atoms with van der Waals surface area (Å²) in [5.41, 5.74) is 1.77. The fourth-order valence-corrected chi connectivity index (χ4v) is 3.74. The number of thiophene rings is 1. The zero-order valence-electron chi connectivity index (χ0n) is 12.4. The smallest absolute Gasteiger partial charge is 0.268 e. The SMILES string of the molecule is COc1csc(C(=O)N2CCCc3c(Cl)ccc(OC)c32)c1. The quantitative estimate of drug-likeness (QED) is 0.849. The molecule has 3 rings (SSSR count). The molecule has 1 aromatic carbocycles. The Labute approximate surface area is 138 Å². The Kier molecular flexibility index (Phi) is 4.27. The predicted octanol–water partition coefficient (Wildman–Crippen LogP) is 4.01. The number of halogens is 1. The molecule has 1 aromatic heterocycles. The van der Waals surface area contributed by atoms with Crippen molar-refractivity contribution in [1.29, 1.82) is 0 Å². The van der Waals surface area contributed by atoms with Crippen molar-refractivity contribution >= 4 is 34.5 Å². The first-order valence-electron chi connectivity index (χ1n) is 6.95. The van der Waals surface area contributed by atoms with E-state index in [1.165, 1.54) is 11.3 Å². The van der Waals surface area contributed by atoms with E-state index in [9.17, 15) is 4.79 Å². The van der Waals surface area contributed by atoms with Crippen LogP contribution in [0, 0.1) is 0 Å². The molecule has 1 aliphatic rings. The number of methoxy groups -OCH3 is 2. The molecule has 0 N–H and O–H groups in total. The van der Waals surface area contributed by atoms with Gasteiger partial charge in [-0.25, -0.2) is 0 Å². The first-order chi connectivity index (χ1) is 10.7. The Hall–Kier alpha value is -1.72. The van der Waals surface area contributed by atoms with Crippen LogP contribution in [0.5, 0.6) is 11.5 Å². The Morgan fingerprint density at radius 1 is 1.32 bits per heavy atom. The summed E-state index contributed by atoms with van der Waals surface area (Å²) in [6.07, 6.45) is 1.73. The number of nitrogens with zero attached hydrogens (tertiary/aromatic N) is 1. The van der Waals surface area contributed by atoms with E-state index >= 15 is 0 Å². The van der Waals surface area contributed by atoms with Gasteiger partial charge in [-0.05, 0) is 30.5 Å². The van der Waals surface area contributed by atoms with Crippen LogP contribution in [0.4, 0.5) is 5.69 Å². The topological polar surface area (TPSA) is 38.8 Å². The van der Waals surface area contributed by atoms with Crippen molar-refractivity contribution in [2.45, 2.75) is 12.8 Å². The predicted molar refractivity (Wildman–Crippen MR) is 88.9 cm³/mol. The molecule has 0 radical (unpaired) electrons. The van der Waals surface area contributed by atoms with Gasteiger partial charge >= 0.3 is 0 Å². The average molecular weight is 338 g/mol. The number of carbonyl (C=O) groups excluding carboxylic acids is 1. The van der Waals surface area contributed by atoms with Gasteiger partial charge in [0.25, 0.3) is 5.91 Å². The molecule has 0 spiro atoms. The van der Waals surface area contributed by atoms with E-state index in [0.29, 0.717) is 27.9 Å². The lowest BCUT2D eigenvalue weighted by molar-refractivity contribution is 0.0988. The second-order valence-electron chi connectivity index (χ2n) is 4.99. The number of hydrogen-bond donors (Lipinski definition) is 0. The molecule has 2 aromatic rings. The molecule has 116 valence electrons. The van der Waals surface area contributed by atoms with Gasteiger partial charge in [-0.2, -0.15) is 0 Å². The summed E-state index contributed by atoms with van der Waals surface area (Å²) < 4.78 is 10.6. The maximum absolute atomic E-state index is 12.9. The third kappa shape index (κ3) is 2.55. The van der Waals surface area contributed by atoms with E-state index in [-0.39, 0.29) is 5.91 Å². The van der Waals surface area contributed by atoms with Crippen LogP contribution in [0.1, 0.15) is 21.7 Å². The number of rotatable bonds is 3. The van der Waals surface area contributed by atoms with Gasteiger partial charge in [-0.15, -0.1) is 11.3 Å². The van der Waals surface area contributed by atoms with E-state index < -0.39 is 0 Å². The maximum Gasteiger partial charge on any atom is 0.268 e. The largest absolute Gasteiger partial charge is 0.496 e. The van der Waals surface area contributed by atoms with Gasteiger partial charge in [0.05, 0.1) is 24.8 Å². The molecule has 4 nitrogen and oxygen atoms in total. The van der Waals surface area contributed by atoms with Gasteiger partial charge in [0.15, 0.2) is 0 Å². The zero-order valence-corrected chi connectivity index (χ0v) is 14.0. The first-order valence-corrected chi connectivity index (χ1v) is 8.21. The Morgan fingerprint density at radius 3 is 2.82 bits per heavy atom. The van der Waals surface area contributed by atoms with Gasteiger partial charge in [0.1, 0.15) is 11.5 Å². The van der Waals surface area contributed by atoms with Gasteiger partial charge < -0.3 is 14.4 Å². The molecule has 0 atom stereocenters. The standard InChI is InChI=1S/C16H16ClNO3S/c1-20-10-8-14(22-9-10)16(19)18-7-3-4-11-12(17)5-6-13(21-2)15(11)18/h5-6,8-9H,3-4,7H2,1-2H3. The molecule has 1 amide bonds. The molecule has 0 aliphatic carbocycles. The van der Waals surface area contributed by atoms with Gasteiger partial charge in [0, 0.05) is 23.0 Å². The second kappa shape index (κ2) is 6.18. The molecule has 22 heavy (non-hydrogen) atoms. The lowest BCUT2D eigenvalue weighted by atomic mass is 10.0. The minimum absolute atomic E-state index is 0.0465. The van der Waals surface area contributed by atoms with Crippen LogP contribution in [0.2, 0.25) is 5.02 Å². The summed E-state index contributed by atoms with van der Waals surface area (Å²) in [4.78, 5) is 15.3. The molecule has 0 fully saturated rings. The van der Waals surface area contributed by atoms with Crippen LogP contribution in [0.15, 0.2) is 23.6 Å². The monoisotopic (exact) mass is 337 g/mol. The van der Waals surface area contributed by atoms with E-state index in [0.717, 1.165) is 24.1 Å². The minimum atomic E-state index is -0.0465. The van der Waals surface area contributed by atoms with Gasteiger partial charge in [0.2, 0.25) is 0 Å². The highest BCUT2D eigenvalue weighted by atomic mass is 35.5. The second-order valence-corrected chi connectivity index (χ2v) is 6.31. The molecule has 2 heterocycles. The highest BCUT2D eigenvalue weighted by Crippen LogP contribution is 2.41. The van der Waals surface area contributed by atoms with Crippen molar-refractivity contribution in [2.24, 2.45) is 0 Å². The number of ether oxygens (including phenoxy) is 2. The summed E-state index contributed by atoms with van der Waals surface area (Å²) in [7, 11) is 3.20. The number of benzene rings is 1. The van der Waals surface area contributed by atoms with Crippen LogP contribution in [-0.4, -0.2) is 26.7 Å². The van der Waals surface area contributed by atoms with Crippen LogP contribution >= 0.6 is 22.9 Å². The molecular weight excluding hydrogens is 322 g/mol. The van der Waals surface area contributed by atoms with Crippen molar-refractivity contribution in [3.05, 3.63) is 39.0 Å². The Bertz CT molecular complexity index is 713. The van der Waals surface area contributed by atoms with Crippen LogP contribution < -0.4 is 14.4 Å². The fraction of sp³-hybridized carbons (Fsp3) is 0.312. The number of amides is 1. The first kappa shape index (κ1) is 15.2. The maximum atomic E-state index is 12.9. The Balaban J connectivity index is 2.04. The van der Waals surface area contributed by atoms with Crippen LogP contribution in [-0.2, 0) is 6.42 Å². The molecule has 0 unspecified atom stereocenters. The lowest BCUT2D eigenvalue weighted by Gasteiger charge is -2.31. The van der Waals surface area contributed by atoms with E-state index in [2.05, 4.69) is 0 Å². The highest BCUT2D eigenvalue weighted by Gasteiger charge is 2.29. The van der Waals surface area contributed by atoms with Gasteiger partial charge in [-0.3, -0.25) is 4.79 Å². The molecule has 0 saturated carbocycles. The summed E-state index contributed by atoms with van der Waals surface area (Å²) in [5.74, 6) is 1.33. The number of fused-ring (bicyclic) bond motifs is 1. The third-order valence-electron chi connectivity index (χ3n) is 3.75. The molecule has 0 bridgehead atoms. The van der Waals surface area contributed by atoms with Crippen LogP contribution in [0.25, 0.3) is 0 Å². The fourth-order valence-electron chi connectivity index (χ4n) is 2.69.